The maximum absolute atomic E-state index is 9.03. The van der Waals surface area contributed by atoms with Crippen LogP contribution >= 0.6 is 23.2 Å². The third-order valence-electron chi connectivity index (χ3n) is 2.32. The van der Waals surface area contributed by atoms with Gasteiger partial charge in [0.05, 0.1) is 22.8 Å². The summed E-state index contributed by atoms with van der Waals surface area (Å²) in [5.41, 5.74) is 0.730. The molecule has 0 saturated heterocycles. The van der Waals surface area contributed by atoms with Crippen LogP contribution in [0, 0.1) is 11.3 Å². The number of halogens is 2. The van der Waals surface area contributed by atoms with Crippen molar-refractivity contribution in [1.29, 1.82) is 5.26 Å². The number of anilines is 1. The van der Waals surface area contributed by atoms with Gasteiger partial charge in [0.1, 0.15) is 17.4 Å². The van der Waals surface area contributed by atoms with Crippen LogP contribution < -0.4 is 10.1 Å². The SMILES string of the molecule is COc1cc(NC=C(C#N)c2nn[nH]n2)c(Cl)cc1Cl. The lowest BCUT2D eigenvalue weighted by Gasteiger charge is -2.08. The highest BCUT2D eigenvalue weighted by Crippen LogP contribution is 2.34. The molecule has 0 aliphatic heterocycles. The Morgan fingerprint density at radius 3 is 2.85 bits per heavy atom. The molecule has 7 nitrogen and oxygen atoms in total. The van der Waals surface area contributed by atoms with Crippen LogP contribution in [0.15, 0.2) is 18.3 Å². The van der Waals surface area contributed by atoms with Crippen molar-refractivity contribution in [2.45, 2.75) is 0 Å². The minimum atomic E-state index is 0.178. The standard InChI is InChI=1S/C11H8Cl2N6O/c1-20-10-3-9(7(12)2-8(10)13)15-5-6(4-14)11-16-18-19-17-11/h2-3,5,15H,1H3,(H,16,17,18,19). The van der Waals surface area contributed by atoms with E-state index < -0.39 is 0 Å². The topological polar surface area (TPSA) is 99.5 Å². The van der Waals surface area contributed by atoms with Crippen LogP contribution in [0.25, 0.3) is 5.57 Å². The molecule has 0 aliphatic carbocycles. The number of methoxy groups -OCH3 is 1. The molecule has 0 saturated carbocycles. The number of nitrogens with zero attached hydrogens (tertiary/aromatic N) is 4. The fourth-order valence-electron chi connectivity index (χ4n) is 1.37. The van der Waals surface area contributed by atoms with Gasteiger partial charge < -0.3 is 10.1 Å². The van der Waals surface area contributed by atoms with Crippen molar-refractivity contribution < 1.29 is 4.74 Å². The quantitative estimate of drug-likeness (QED) is 0.842. The van der Waals surface area contributed by atoms with E-state index in [4.69, 9.17) is 33.2 Å². The minimum absolute atomic E-state index is 0.178. The van der Waals surface area contributed by atoms with Crippen LogP contribution in [0.3, 0.4) is 0 Å². The summed E-state index contributed by atoms with van der Waals surface area (Å²) in [5, 5.41) is 25.8. The van der Waals surface area contributed by atoms with E-state index >= 15 is 0 Å². The number of allylic oxidation sites excluding steroid dienone is 1. The number of ether oxygens (including phenoxy) is 1. The van der Waals surface area contributed by atoms with Gasteiger partial charge >= 0.3 is 0 Å². The Labute approximate surface area is 124 Å². The maximum Gasteiger partial charge on any atom is 0.216 e. The Balaban J connectivity index is 2.28. The summed E-state index contributed by atoms with van der Waals surface area (Å²) in [6.07, 6.45) is 1.42. The number of H-pyrrole nitrogens is 1. The van der Waals surface area contributed by atoms with E-state index in [0.717, 1.165) is 0 Å². The van der Waals surface area contributed by atoms with E-state index in [-0.39, 0.29) is 11.4 Å². The van der Waals surface area contributed by atoms with Crippen LogP contribution in [-0.2, 0) is 0 Å². The summed E-state index contributed by atoms with van der Waals surface area (Å²) >= 11 is 12.0. The second-order valence-electron chi connectivity index (χ2n) is 3.52. The Bertz CT molecular complexity index is 677. The van der Waals surface area contributed by atoms with Crippen molar-refractivity contribution in [3.8, 4) is 11.8 Å². The van der Waals surface area contributed by atoms with Crippen molar-refractivity contribution in [2.24, 2.45) is 0 Å². The summed E-state index contributed by atoms with van der Waals surface area (Å²) < 4.78 is 5.09. The van der Waals surface area contributed by atoms with Crippen LogP contribution in [0.1, 0.15) is 5.82 Å². The normalized spacial score (nSPS) is 11.0. The van der Waals surface area contributed by atoms with Gasteiger partial charge in [0, 0.05) is 12.3 Å². The van der Waals surface area contributed by atoms with Gasteiger partial charge in [0.2, 0.25) is 5.82 Å². The second kappa shape index (κ2) is 6.23. The lowest BCUT2D eigenvalue weighted by atomic mass is 10.2. The first-order valence-corrected chi connectivity index (χ1v) is 6.05. The number of nitriles is 1. The Hall–Kier alpha value is -2.30. The maximum atomic E-state index is 9.03. The molecule has 102 valence electrons. The molecule has 2 N–H and O–H groups in total. The largest absolute Gasteiger partial charge is 0.495 e. The lowest BCUT2D eigenvalue weighted by molar-refractivity contribution is 0.415. The number of benzene rings is 1. The predicted molar refractivity (Wildman–Crippen MR) is 74.4 cm³/mol. The minimum Gasteiger partial charge on any atom is -0.495 e. The number of hydrogen-bond donors (Lipinski definition) is 2. The highest BCUT2D eigenvalue weighted by molar-refractivity contribution is 6.37. The fraction of sp³-hybridized carbons (Fsp3) is 0.0909. The molecule has 20 heavy (non-hydrogen) atoms. The molecule has 0 atom stereocenters. The molecule has 2 rings (SSSR count). The van der Waals surface area contributed by atoms with Crippen molar-refractivity contribution in [3.05, 3.63) is 34.2 Å². The van der Waals surface area contributed by atoms with Gasteiger partial charge in [-0.25, -0.2) is 0 Å². The molecule has 0 aliphatic rings. The third-order valence-corrected chi connectivity index (χ3v) is 2.93. The van der Waals surface area contributed by atoms with Crippen molar-refractivity contribution in [3.63, 3.8) is 0 Å². The summed E-state index contributed by atoms with van der Waals surface area (Å²) in [4.78, 5) is 0. The molecule has 0 spiro atoms. The number of aromatic nitrogens is 4. The monoisotopic (exact) mass is 310 g/mol. The summed E-state index contributed by atoms with van der Waals surface area (Å²) in [5.74, 6) is 0.641. The van der Waals surface area contributed by atoms with Gasteiger partial charge in [-0.15, -0.1) is 10.2 Å². The van der Waals surface area contributed by atoms with E-state index in [9.17, 15) is 0 Å². The Morgan fingerprint density at radius 2 is 2.25 bits per heavy atom. The van der Waals surface area contributed by atoms with E-state index in [1.807, 2.05) is 6.07 Å². The molecule has 2 aromatic rings. The second-order valence-corrected chi connectivity index (χ2v) is 4.33. The third kappa shape index (κ3) is 2.99. The number of tetrazole rings is 1. The fourth-order valence-corrected chi connectivity index (χ4v) is 1.88. The summed E-state index contributed by atoms with van der Waals surface area (Å²) in [6.45, 7) is 0. The molecule has 1 aromatic carbocycles. The lowest BCUT2D eigenvalue weighted by Crippen LogP contribution is -1.95. The molecule has 1 aromatic heterocycles. The summed E-state index contributed by atoms with van der Waals surface area (Å²) in [6, 6.07) is 5.11. The van der Waals surface area contributed by atoms with E-state index in [0.29, 0.717) is 21.5 Å². The highest BCUT2D eigenvalue weighted by Gasteiger charge is 2.09. The van der Waals surface area contributed by atoms with Gasteiger partial charge in [0.25, 0.3) is 0 Å². The smallest absolute Gasteiger partial charge is 0.216 e. The van der Waals surface area contributed by atoms with Crippen LogP contribution in [0.5, 0.6) is 5.75 Å². The number of nitrogens with one attached hydrogen (secondary N) is 2. The van der Waals surface area contributed by atoms with Gasteiger partial charge in [-0.3, -0.25) is 0 Å². The average molecular weight is 311 g/mol. The van der Waals surface area contributed by atoms with Gasteiger partial charge in [-0.1, -0.05) is 23.2 Å². The summed E-state index contributed by atoms with van der Waals surface area (Å²) in [7, 11) is 1.49. The van der Waals surface area contributed by atoms with Gasteiger partial charge in [-0.2, -0.15) is 10.5 Å². The Kier molecular flexibility index (Phi) is 4.40. The molecule has 0 amide bonds. The molecule has 0 radical (unpaired) electrons. The molecule has 9 heteroatoms. The molecule has 1 heterocycles. The molecule has 0 fully saturated rings. The van der Waals surface area contributed by atoms with Gasteiger partial charge in [-0.05, 0) is 11.3 Å². The van der Waals surface area contributed by atoms with E-state index in [1.54, 1.807) is 12.1 Å². The van der Waals surface area contributed by atoms with Crippen molar-refractivity contribution in [1.82, 2.24) is 20.6 Å². The van der Waals surface area contributed by atoms with Crippen LogP contribution in [0.2, 0.25) is 10.0 Å². The average Bonchev–Trinajstić information content (AvgIpc) is 2.95. The number of rotatable bonds is 4. The first-order valence-electron chi connectivity index (χ1n) is 5.29. The molecular weight excluding hydrogens is 303 g/mol. The first kappa shape index (κ1) is 14.1. The van der Waals surface area contributed by atoms with Crippen LogP contribution in [0.4, 0.5) is 5.69 Å². The highest BCUT2D eigenvalue weighted by atomic mass is 35.5. The van der Waals surface area contributed by atoms with Crippen molar-refractivity contribution >= 4 is 34.5 Å². The zero-order valence-electron chi connectivity index (χ0n) is 10.2. The number of hydrogen-bond acceptors (Lipinski definition) is 6. The zero-order chi connectivity index (χ0) is 14.5. The first-order chi connectivity index (χ1) is 9.65. The molecular formula is C11H8Cl2N6O. The zero-order valence-corrected chi connectivity index (χ0v) is 11.7. The molecule has 0 unspecified atom stereocenters. The Morgan fingerprint density at radius 1 is 1.45 bits per heavy atom. The van der Waals surface area contributed by atoms with Crippen molar-refractivity contribution in [2.75, 3.05) is 12.4 Å². The van der Waals surface area contributed by atoms with E-state index in [2.05, 4.69) is 25.9 Å². The molecule has 0 bridgehead atoms. The predicted octanol–water partition coefficient (Wildman–Crippen LogP) is 2.49. The van der Waals surface area contributed by atoms with Gasteiger partial charge in [0.15, 0.2) is 0 Å². The number of aromatic amines is 1. The van der Waals surface area contributed by atoms with E-state index in [1.165, 1.54) is 13.3 Å². The van der Waals surface area contributed by atoms with Crippen LogP contribution in [-0.4, -0.2) is 27.7 Å².